The van der Waals surface area contributed by atoms with Gasteiger partial charge in [-0.25, -0.2) is 0 Å². The molecule has 0 heterocycles. The fourth-order valence-corrected chi connectivity index (χ4v) is 9.67. The predicted octanol–water partition coefficient (Wildman–Crippen LogP) is 1.94. The Labute approximate surface area is 121 Å². The monoisotopic (exact) mass is 353 g/mol. The summed E-state index contributed by atoms with van der Waals surface area (Å²) in [5, 5.41) is 0. The van der Waals surface area contributed by atoms with Crippen LogP contribution in [0.15, 0.2) is 91.0 Å². The standard InChI is InChI=1S/3C6H5.Sb.H/c3*1-2-4-6-5-3-1;;/h3*1-5H;;. The van der Waals surface area contributed by atoms with Crippen molar-refractivity contribution in [2.45, 2.75) is 0 Å². The first-order valence-corrected chi connectivity index (χ1v) is 10.8. The molecular weight excluding hydrogens is 338 g/mol. The molecule has 0 aliphatic carbocycles. The van der Waals surface area contributed by atoms with Crippen molar-refractivity contribution in [3.05, 3.63) is 91.0 Å². The van der Waals surface area contributed by atoms with E-state index in [4.69, 9.17) is 0 Å². The fraction of sp³-hybridized carbons (Fsp3) is 0. The molecule has 19 heavy (non-hydrogen) atoms. The Hall–Kier alpha value is -1.52. The van der Waals surface area contributed by atoms with Crippen molar-refractivity contribution in [3.63, 3.8) is 0 Å². The van der Waals surface area contributed by atoms with Gasteiger partial charge in [0.2, 0.25) is 0 Å². The van der Waals surface area contributed by atoms with Gasteiger partial charge < -0.3 is 0 Å². The van der Waals surface area contributed by atoms with Crippen LogP contribution in [0.5, 0.6) is 0 Å². The first kappa shape index (κ1) is 12.5. The molecule has 0 fully saturated rings. The third-order valence-electron chi connectivity index (χ3n) is 3.19. The Morgan fingerprint density at radius 1 is 0.368 bits per heavy atom. The molecule has 0 saturated carbocycles. The van der Waals surface area contributed by atoms with E-state index < -0.39 is 20.2 Å². The first-order chi connectivity index (χ1) is 9.45. The molecular formula is C18H16Sb. The molecule has 0 aromatic heterocycles. The minimum atomic E-state index is -1.98. The Kier molecular flexibility index (Phi) is 4.00. The van der Waals surface area contributed by atoms with Crippen molar-refractivity contribution >= 4 is 30.7 Å². The average Bonchev–Trinajstić information content (AvgIpc) is 2.51. The average molecular weight is 354 g/mol. The molecule has 0 aliphatic heterocycles. The topological polar surface area (TPSA) is 0 Å². The Morgan fingerprint density at radius 2 is 0.632 bits per heavy atom. The third kappa shape index (κ3) is 2.91. The molecule has 0 amide bonds. The SMILES string of the molecule is c1cc[c]([SbH]([c]2ccccc2)[c]2ccccc2)cc1. The second-order valence-corrected chi connectivity index (χ2v) is 11.6. The van der Waals surface area contributed by atoms with Gasteiger partial charge in [-0.15, -0.1) is 0 Å². The van der Waals surface area contributed by atoms with Crippen molar-refractivity contribution in [2.75, 3.05) is 0 Å². The van der Waals surface area contributed by atoms with Crippen molar-refractivity contribution in [1.29, 1.82) is 0 Å². The number of hydrogen-bond donors (Lipinski definition) is 0. The van der Waals surface area contributed by atoms with Crippen LogP contribution in [0.4, 0.5) is 0 Å². The fourth-order valence-electron chi connectivity index (χ4n) is 2.31. The van der Waals surface area contributed by atoms with E-state index in [-0.39, 0.29) is 0 Å². The van der Waals surface area contributed by atoms with Gasteiger partial charge in [0.1, 0.15) is 0 Å². The maximum absolute atomic E-state index is 2.29. The second-order valence-electron chi connectivity index (χ2n) is 4.47. The van der Waals surface area contributed by atoms with Crippen LogP contribution >= 0.6 is 0 Å². The number of rotatable bonds is 3. The zero-order valence-electron chi connectivity index (χ0n) is 10.7. The summed E-state index contributed by atoms with van der Waals surface area (Å²) in [5.74, 6) is 0. The van der Waals surface area contributed by atoms with Gasteiger partial charge in [0.25, 0.3) is 0 Å². The van der Waals surface area contributed by atoms with E-state index in [1.807, 2.05) is 0 Å². The molecule has 93 valence electrons. The van der Waals surface area contributed by atoms with Crippen molar-refractivity contribution in [1.82, 2.24) is 0 Å². The van der Waals surface area contributed by atoms with Crippen LogP contribution in [0.2, 0.25) is 0 Å². The molecule has 0 aliphatic rings. The Bertz CT molecular complexity index is 524. The summed E-state index contributed by atoms with van der Waals surface area (Å²) >= 11 is -1.98. The first-order valence-electron chi connectivity index (χ1n) is 6.48. The molecule has 3 aromatic rings. The zero-order valence-corrected chi connectivity index (χ0v) is 13.5. The summed E-state index contributed by atoms with van der Waals surface area (Å²) in [5.41, 5.74) is 0. The quantitative estimate of drug-likeness (QED) is 0.631. The van der Waals surface area contributed by atoms with E-state index in [0.29, 0.717) is 0 Å². The van der Waals surface area contributed by atoms with Crippen molar-refractivity contribution in [2.24, 2.45) is 0 Å². The van der Waals surface area contributed by atoms with Gasteiger partial charge in [-0.1, -0.05) is 0 Å². The summed E-state index contributed by atoms with van der Waals surface area (Å²) in [6, 6.07) is 32.9. The van der Waals surface area contributed by atoms with Crippen LogP contribution in [-0.2, 0) is 0 Å². The molecule has 1 heteroatoms. The molecule has 3 aromatic carbocycles. The van der Waals surface area contributed by atoms with Crippen molar-refractivity contribution in [3.8, 4) is 0 Å². The zero-order chi connectivity index (χ0) is 12.9. The number of benzene rings is 3. The predicted molar refractivity (Wildman–Crippen MR) is 85.4 cm³/mol. The molecule has 0 spiro atoms. The Morgan fingerprint density at radius 3 is 0.895 bits per heavy atom. The van der Waals surface area contributed by atoms with E-state index in [0.717, 1.165) is 0 Å². The number of hydrogen-bond acceptors (Lipinski definition) is 0. The molecule has 1 radical (unpaired) electrons. The maximum atomic E-state index is 2.29. The van der Waals surface area contributed by atoms with Crippen LogP contribution < -0.4 is 10.5 Å². The molecule has 0 nitrogen and oxygen atoms in total. The van der Waals surface area contributed by atoms with Crippen LogP contribution in [0.1, 0.15) is 0 Å². The summed E-state index contributed by atoms with van der Waals surface area (Å²) in [6.07, 6.45) is 0. The summed E-state index contributed by atoms with van der Waals surface area (Å²) < 4.78 is 4.59. The minimum absolute atomic E-state index is 1.53. The molecule has 0 bridgehead atoms. The van der Waals surface area contributed by atoms with Crippen LogP contribution in [0.25, 0.3) is 0 Å². The second kappa shape index (κ2) is 6.08. The summed E-state index contributed by atoms with van der Waals surface area (Å²) in [4.78, 5) is 0. The molecule has 0 N–H and O–H groups in total. The van der Waals surface area contributed by atoms with Gasteiger partial charge in [0.05, 0.1) is 0 Å². The Balaban J connectivity index is 2.12. The van der Waals surface area contributed by atoms with Gasteiger partial charge >= 0.3 is 122 Å². The molecule has 0 unspecified atom stereocenters. The van der Waals surface area contributed by atoms with Crippen LogP contribution in [0.3, 0.4) is 0 Å². The van der Waals surface area contributed by atoms with E-state index in [1.165, 1.54) is 10.5 Å². The van der Waals surface area contributed by atoms with Crippen LogP contribution in [0, 0.1) is 0 Å². The van der Waals surface area contributed by atoms with Gasteiger partial charge in [-0.2, -0.15) is 0 Å². The molecule has 0 saturated heterocycles. The van der Waals surface area contributed by atoms with Gasteiger partial charge in [0.15, 0.2) is 0 Å². The van der Waals surface area contributed by atoms with Gasteiger partial charge in [-0.3, -0.25) is 0 Å². The van der Waals surface area contributed by atoms with Gasteiger partial charge in [-0.05, 0) is 0 Å². The van der Waals surface area contributed by atoms with Crippen molar-refractivity contribution < 1.29 is 0 Å². The van der Waals surface area contributed by atoms with Gasteiger partial charge in [0, 0.05) is 0 Å². The third-order valence-corrected chi connectivity index (χ3v) is 11.0. The van der Waals surface area contributed by atoms with E-state index in [2.05, 4.69) is 91.0 Å². The van der Waals surface area contributed by atoms with E-state index >= 15 is 0 Å². The van der Waals surface area contributed by atoms with Crippen LogP contribution in [-0.4, -0.2) is 20.2 Å². The van der Waals surface area contributed by atoms with E-state index in [9.17, 15) is 0 Å². The summed E-state index contributed by atoms with van der Waals surface area (Å²) in [6.45, 7) is 0. The normalized spacial score (nSPS) is 10.6. The summed E-state index contributed by atoms with van der Waals surface area (Å²) in [7, 11) is 0. The van der Waals surface area contributed by atoms with E-state index in [1.54, 1.807) is 0 Å². The molecule has 0 atom stereocenters. The molecule has 3 rings (SSSR count).